The fourth-order valence-corrected chi connectivity index (χ4v) is 8.79. The number of hydrogen-bond donors (Lipinski definition) is 6. The lowest BCUT2D eigenvalue weighted by Gasteiger charge is -2.25. The molecule has 0 bridgehead atoms. The molecular formula is C20H29N2O15P3S2. The molecule has 42 heavy (non-hydrogen) atoms. The Morgan fingerprint density at radius 3 is 2.36 bits per heavy atom. The predicted molar refractivity (Wildman–Crippen MR) is 150 cm³/mol. The van der Waals surface area contributed by atoms with Crippen molar-refractivity contribution >= 4 is 45.1 Å². The molecule has 1 aliphatic rings. The van der Waals surface area contributed by atoms with Crippen molar-refractivity contribution in [1.82, 2.24) is 9.55 Å². The molecular weight excluding hydrogens is 665 g/mol. The van der Waals surface area contributed by atoms with Gasteiger partial charge in [-0.25, -0.2) is 18.5 Å². The maximum atomic E-state index is 12.5. The Bertz CT molecular complexity index is 1510. The summed E-state index contributed by atoms with van der Waals surface area (Å²) in [7, 11) is -13.8. The molecule has 0 saturated carbocycles. The third-order valence-corrected chi connectivity index (χ3v) is 11.7. The van der Waals surface area contributed by atoms with Crippen LogP contribution in [-0.4, -0.2) is 59.3 Å². The van der Waals surface area contributed by atoms with E-state index in [2.05, 4.69) is 13.6 Å². The van der Waals surface area contributed by atoms with E-state index >= 15 is 0 Å². The summed E-state index contributed by atoms with van der Waals surface area (Å²) >= 11 is 0. The molecule has 0 amide bonds. The van der Waals surface area contributed by atoms with Crippen LogP contribution in [0.3, 0.4) is 0 Å². The van der Waals surface area contributed by atoms with Gasteiger partial charge in [0.05, 0.1) is 12.7 Å². The van der Waals surface area contributed by atoms with Gasteiger partial charge in [0.2, 0.25) is 0 Å². The van der Waals surface area contributed by atoms with Gasteiger partial charge in [-0.05, 0) is 25.7 Å². The maximum absolute atomic E-state index is 12.5. The number of hydrogen-bond acceptors (Lipinski definition) is 13. The number of phosphoric acid groups is 3. The van der Waals surface area contributed by atoms with Crippen molar-refractivity contribution < 1.29 is 61.0 Å². The van der Waals surface area contributed by atoms with E-state index in [1.165, 1.54) is 23.9 Å². The Morgan fingerprint density at radius 2 is 1.74 bits per heavy atom. The van der Waals surface area contributed by atoms with Crippen LogP contribution in [0, 0.1) is 6.92 Å². The number of rotatable bonds is 14. The first kappa shape index (κ1) is 35.4. The van der Waals surface area contributed by atoms with Gasteiger partial charge >= 0.3 is 29.2 Å². The first-order valence-electron chi connectivity index (χ1n) is 11.8. The number of nitrogens with one attached hydrogen (secondary N) is 1. The zero-order chi connectivity index (χ0) is 31.5. The number of aryl methyl sites for hydroxylation is 1. The van der Waals surface area contributed by atoms with Crippen LogP contribution in [0.15, 0.2) is 40.1 Å². The molecule has 2 heterocycles. The van der Waals surface area contributed by atoms with Crippen LogP contribution < -0.4 is 11.2 Å². The number of aromatic nitrogens is 2. The van der Waals surface area contributed by atoms with Crippen LogP contribution in [0.4, 0.5) is 0 Å². The molecule has 2 aromatic rings. The largest absolute Gasteiger partial charge is 0.490 e. The van der Waals surface area contributed by atoms with Crippen LogP contribution in [-0.2, 0) is 36.3 Å². The summed E-state index contributed by atoms with van der Waals surface area (Å²) in [5.74, 6) is 0. The van der Waals surface area contributed by atoms with Gasteiger partial charge in [0.1, 0.15) is 12.3 Å². The van der Waals surface area contributed by atoms with Crippen molar-refractivity contribution in [3.63, 3.8) is 0 Å². The normalized spacial score (nSPS) is 23.7. The summed E-state index contributed by atoms with van der Waals surface area (Å²) in [5.41, 5.74) is -0.121. The maximum Gasteiger partial charge on any atom is 0.490 e. The van der Waals surface area contributed by atoms with Crippen LogP contribution in [0.25, 0.3) is 0 Å². The van der Waals surface area contributed by atoms with Gasteiger partial charge in [0.25, 0.3) is 5.56 Å². The van der Waals surface area contributed by atoms with E-state index in [1.807, 2.05) is 13.2 Å². The number of benzene rings is 1. The Balaban J connectivity index is 1.86. The highest BCUT2D eigenvalue weighted by atomic mass is 33.1. The lowest BCUT2D eigenvalue weighted by molar-refractivity contribution is -0.159. The summed E-state index contributed by atoms with van der Waals surface area (Å²) in [6, 6.07) is 6.92. The highest BCUT2D eigenvalue weighted by Gasteiger charge is 2.44. The van der Waals surface area contributed by atoms with E-state index in [0.717, 1.165) is 10.1 Å². The molecule has 1 aromatic carbocycles. The molecule has 5 unspecified atom stereocenters. The van der Waals surface area contributed by atoms with Crippen molar-refractivity contribution in [1.29, 1.82) is 0 Å². The number of aliphatic hydroxyl groups is 1. The Morgan fingerprint density at radius 1 is 1.10 bits per heavy atom. The predicted octanol–water partition coefficient (Wildman–Crippen LogP) is 2.62. The third kappa shape index (κ3) is 9.95. The monoisotopic (exact) mass is 694 g/mol. The summed E-state index contributed by atoms with van der Waals surface area (Å²) in [5, 5.41) is 11.0. The molecule has 22 heteroatoms. The summed E-state index contributed by atoms with van der Waals surface area (Å²) in [4.78, 5) is 63.1. The van der Waals surface area contributed by atoms with Gasteiger partial charge in [-0.1, -0.05) is 45.9 Å². The minimum absolute atomic E-state index is 0.0502. The van der Waals surface area contributed by atoms with Crippen molar-refractivity contribution in [3.05, 3.63) is 68.0 Å². The van der Waals surface area contributed by atoms with Gasteiger partial charge in [0, 0.05) is 29.0 Å². The second kappa shape index (κ2) is 14.3. The van der Waals surface area contributed by atoms with Crippen LogP contribution in [0.5, 0.6) is 0 Å². The topological polar surface area (TPSA) is 253 Å². The van der Waals surface area contributed by atoms with Gasteiger partial charge in [0.15, 0.2) is 6.29 Å². The standard InChI is InChI=1S/C20H29N2O15P3S2/c1-11-9-22(20(25)21-18(11)23)17-8-15(35-19(24)14-7-5-4-6-13(14)12(2)42-41-3)16(34-17)10-33-39(29,30)37-40(31,32)36-38(26,27)28/h4-7,9,12,15-17,19,24H,8,10H2,1-3H3,(H,29,30)(H,31,32)(H,21,23,25)(H2,26,27,28)/t12?,15?,16-,17-,19?/m1/s1. The summed E-state index contributed by atoms with van der Waals surface area (Å²) in [6.45, 7) is 2.48. The van der Waals surface area contributed by atoms with E-state index in [9.17, 15) is 38.2 Å². The van der Waals surface area contributed by atoms with Gasteiger partial charge in [-0.15, -0.1) is 0 Å². The Labute approximate surface area is 246 Å². The van der Waals surface area contributed by atoms with Crippen LogP contribution in [0.1, 0.15) is 47.8 Å². The van der Waals surface area contributed by atoms with E-state index < -0.39 is 66.0 Å². The quantitative estimate of drug-likeness (QED) is 0.0944. The molecule has 1 fully saturated rings. The average Bonchev–Trinajstić information content (AvgIpc) is 3.25. The fourth-order valence-electron chi connectivity index (χ4n) is 3.98. The first-order chi connectivity index (χ1) is 19.4. The Hall–Kier alpha value is -1.11. The number of aromatic amines is 1. The van der Waals surface area contributed by atoms with Crippen LogP contribution in [0.2, 0.25) is 0 Å². The molecule has 0 aliphatic carbocycles. The van der Waals surface area contributed by atoms with Crippen LogP contribution >= 0.6 is 45.1 Å². The van der Waals surface area contributed by atoms with Gasteiger partial charge in [-0.3, -0.25) is 18.9 Å². The first-order valence-corrected chi connectivity index (χ1v) is 18.9. The smallest absolute Gasteiger partial charge is 0.364 e. The van der Waals surface area contributed by atoms with E-state index in [4.69, 9.17) is 23.8 Å². The van der Waals surface area contributed by atoms with Crippen molar-refractivity contribution in [2.45, 2.75) is 50.2 Å². The molecule has 0 spiro atoms. The number of aliphatic hydroxyl groups excluding tert-OH is 1. The highest BCUT2D eigenvalue weighted by Crippen LogP contribution is 2.66. The number of nitrogens with zero attached hydrogens (tertiary/aromatic N) is 1. The van der Waals surface area contributed by atoms with Crippen molar-refractivity contribution in [2.75, 3.05) is 12.9 Å². The zero-order valence-electron chi connectivity index (χ0n) is 22.1. The third-order valence-electron chi connectivity index (χ3n) is 5.70. The molecule has 17 nitrogen and oxygen atoms in total. The second-order valence-corrected chi connectivity index (χ2v) is 16.0. The lowest BCUT2D eigenvalue weighted by Crippen LogP contribution is -2.33. The Kier molecular flexibility index (Phi) is 12.1. The molecule has 6 N–H and O–H groups in total. The molecule has 0 radical (unpaired) electrons. The fraction of sp³-hybridized carbons (Fsp3) is 0.500. The van der Waals surface area contributed by atoms with E-state index in [-0.39, 0.29) is 17.2 Å². The molecule has 1 aromatic heterocycles. The minimum Gasteiger partial charge on any atom is -0.364 e. The van der Waals surface area contributed by atoms with Gasteiger partial charge in [-0.2, -0.15) is 8.62 Å². The SMILES string of the molecule is CSSC(C)c1ccccc1C(O)OC1C[C@H](n2cc(C)c(=O)[nH]c2=O)O[C@@H]1COP(=O)(O)OP(=O)(O)OP(=O)(O)O. The van der Waals surface area contributed by atoms with Crippen molar-refractivity contribution in [2.24, 2.45) is 0 Å². The summed E-state index contributed by atoms with van der Waals surface area (Å²) < 4.78 is 59.7. The molecule has 1 saturated heterocycles. The summed E-state index contributed by atoms with van der Waals surface area (Å²) in [6.07, 6.45) is -2.13. The minimum atomic E-state index is -5.77. The molecule has 7 atom stereocenters. The van der Waals surface area contributed by atoms with Gasteiger partial charge < -0.3 is 34.2 Å². The highest BCUT2D eigenvalue weighted by molar-refractivity contribution is 8.76. The second-order valence-electron chi connectivity index (χ2n) is 8.79. The molecule has 236 valence electrons. The average molecular weight is 695 g/mol. The number of ether oxygens (including phenoxy) is 2. The number of phosphoric ester groups is 1. The van der Waals surface area contributed by atoms with E-state index in [0.29, 0.717) is 5.56 Å². The zero-order valence-corrected chi connectivity index (χ0v) is 26.4. The molecule has 1 aliphatic heterocycles. The molecule has 3 rings (SSSR count). The van der Waals surface area contributed by atoms with Crippen molar-refractivity contribution in [3.8, 4) is 0 Å². The van der Waals surface area contributed by atoms with E-state index in [1.54, 1.807) is 35.1 Å². The number of H-pyrrole nitrogens is 1. The lowest BCUT2D eigenvalue weighted by atomic mass is 10.0.